The fourth-order valence-corrected chi connectivity index (χ4v) is 3.17. The number of hydrogen-bond donors (Lipinski definition) is 0. The van der Waals surface area contributed by atoms with Crippen LogP contribution in [0.4, 0.5) is 5.82 Å². The Labute approximate surface area is 131 Å². The smallest absolute Gasteiger partial charge is 0.163 e. The van der Waals surface area contributed by atoms with E-state index in [1.165, 1.54) is 19.3 Å². The lowest BCUT2D eigenvalue weighted by molar-refractivity contribution is 0.447. The highest BCUT2D eigenvalue weighted by Crippen LogP contribution is 2.28. The van der Waals surface area contributed by atoms with E-state index in [1.54, 1.807) is 0 Å². The summed E-state index contributed by atoms with van der Waals surface area (Å²) in [6, 6.07) is 12.5. The maximum absolute atomic E-state index is 6.23. The maximum Gasteiger partial charge on any atom is 0.163 e. The van der Waals surface area contributed by atoms with Gasteiger partial charge in [0.15, 0.2) is 5.82 Å². The first kappa shape index (κ1) is 14.3. The second-order valence-corrected chi connectivity index (χ2v) is 5.88. The maximum atomic E-state index is 6.23. The van der Waals surface area contributed by atoms with Crippen LogP contribution in [-0.4, -0.2) is 22.6 Å². The van der Waals surface area contributed by atoms with E-state index in [9.17, 15) is 0 Å². The van der Waals surface area contributed by atoms with Gasteiger partial charge in [-0.3, -0.25) is 0 Å². The summed E-state index contributed by atoms with van der Waals surface area (Å²) in [5.74, 6) is 1.67. The molecule has 1 aliphatic rings. The molecule has 110 valence electrons. The van der Waals surface area contributed by atoms with Crippen LogP contribution in [0.15, 0.2) is 36.4 Å². The normalized spacial score (nSPS) is 18.8. The van der Waals surface area contributed by atoms with Gasteiger partial charge in [0.05, 0.1) is 0 Å². The third kappa shape index (κ3) is 3.18. The highest BCUT2D eigenvalue weighted by atomic mass is 35.5. The molecule has 0 radical (unpaired) electrons. The number of halogens is 1. The Kier molecular flexibility index (Phi) is 4.39. The summed E-state index contributed by atoms with van der Waals surface area (Å²) in [4.78, 5) is 11.5. The molecule has 1 aliphatic heterocycles. The van der Waals surface area contributed by atoms with E-state index in [1.807, 2.05) is 36.4 Å². The molecule has 21 heavy (non-hydrogen) atoms. The Morgan fingerprint density at radius 3 is 2.76 bits per heavy atom. The van der Waals surface area contributed by atoms with Crippen LogP contribution in [0.3, 0.4) is 0 Å². The Hall–Kier alpha value is -1.61. The molecule has 3 rings (SSSR count). The van der Waals surface area contributed by atoms with Crippen molar-refractivity contribution in [2.75, 3.05) is 11.4 Å². The number of benzene rings is 1. The molecule has 0 amide bonds. The van der Waals surface area contributed by atoms with E-state index >= 15 is 0 Å². The Balaban J connectivity index is 1.97. The Bertz CT molecular complexity index is 600. The van der Waals surface area contributed by atoms with Crippen molar-refractivity contribution in [1.29, 1.82) is 0 Å². The number of piperidine rings is 1. The molecular formula is C17H20ClN3. The quantitative estimate of drug-likeness (QED) is 0.778. The van der Waals surface area contributed by atoms with Crippen molar-refractivity contribution in [3.05, 3.63) is 41.6 Å². The average molecular weight is 302 g/mol. The SMILES string of the molecule is CCC1CCCCN1c1cc(Cl)nc(-c2ccccc2)n1. The summed E-state index contributed by atoms with van der Waals surface area (Å²) in [5, 5.41) is 0.513. The second kappa shape index (κ2) is 6.44. The molecule has 2 heterocycles. The van der Waals surface area contributed by atoms with Crippen LogP contribution in [0.25, 0.3) is 11.4 Å². The molecule has 1 aromatic carbocycles. The predicted octanol–water partition coefficient (Wildman–Crippen LogP) is 4.57. The fourth-order valence-electron chi connectivity index (χ4n) is 3.00. The van der Waals surface area contributed by atoms with Crippen molar-refractivity contribution in [1.82, 2.24) is 9.97 Å². The minimum atomic E-state index is 0.513. The molecule has 0 aliphatic carbocycles. The largest absolute Gasteiger partial charge is 0.353 e. The molecule has 2 aromatic rings. The van der Waals surface area contributed by atoms with Gasteiger partial charge in [-0.15, -0.1) is 0 Å². The molecule has 1 atom stereocenters. The molecule has 0 N–H and O–H groups in total. The Morgan fingerprint density at radius 2 is 2.00 bits per heavy atom. The van der Waals surface area contributed by atoms with Crippen LogP contribution in [0.2, 0.25) is 5.15 Å². The van der Waals surface area contributed by atoms with Crippen molar-refractivity contribution in [2.24, 2.45) is 0 Å². The zero-order valence-electron chi connectivity index (χ0n) is 12.3. The molecule has 1 unspecified atom stereocenters. The highest BCUT2D eigenvalue weighted by molar-refractivity contribution is 6.29. The van der Waals surface area contributed by atoms with Crippen LogP contribution in [0.5, 0.6) is 0 Å². The van der Waals surface area contributed by atoms with Gasteiger partial charge in [-0.2, -0.15) is 0 Å². The van der Waals surface area contributed by atoms with Crippen molar-refractivity contribution in [2.45, 2.75) is 38.6 Å². The molecule has 1 aromatic heterocycles. The zero-order chi connectivity index (χ0) is 14.7. The third-order valence-corrected chi connectivity index (χ3v) is 4.30. The summed E-state index contributed by atoms with van der Waals surface area (Å²) in [6.45, 7) is 3.30. The lowest BCUT2D eigenvalue weighted by atomic mass is 10.00. The summed E-state index contributed by atoms with van der Waals surface area (Å²) in [5.41, 5.74) is 1.01. The van der Waals surface area contributed by atoms with E-state index in [2.05, 4.69) is 16.8 Å². The van der Waals surface area contributed by atoms with Crippen molar-refractivity contribution >= 4 is 17.4 Å². The summed E-state index contributed by atoms with van der Waals surface area (Å²) in [7, 11) is 0. The van der Waals surface area contributed by atoms with Crippen molar-refractivity contribution < 1.29 is 0 Å². The predicted molar refractivity (Wildman–Crippen MR) is 87.8 cm³/mol. The van der Waals surface area contributed by atoms with Crippen LogP contribution in [0.1, 0.15) is 32.6 Å². The van der Waals surface area contributed by atoms with E-state index in [0.717, 1.165) is 24.3 Å². The van der Waals surface area contributed by atoms with Crippen molar-refractivity contribution in [3.8, 4) is 11.4 Å². The molecule has 0 saturated carbocycles. The number of rotatable bonds is 3. The van der Waals surface area contributed by atoms with Crippen LogP contribution in [-0.2, 0) is 0 Å². The van der Waals surface area contributed by atoms with Crippen LogP contribution in [0, 0.1) is 0 Å². The number of aromatic nitrogens is 2. The van der Waals surface area contributed by atoms with Crippen molar-refractivity contribution in [3.63, 3.8) is 0 Å². The molecule has 1 saturated heterocycles. The second-order valence-electron chi connectivity index (χ2n) is 5.49. The van der Waals surface area contributed by atoms with Crippen LogP contribution >= 0.6 is 11.6 Å². The van der Waals surface area contributed by atoms with Gasteiger partial charge < -0.3 is 4.90 Å². The summed E-state index contributed by atoms with van der Waals surface area (Å²) in [6.07, 6.45) is 4.90. The van der Waals surface area contributed by atoms with Gasteiger partial charge >= 0.3 is 0 Å². The van der Waals surface area contributed by atoms with E-state index < -0.39 is 0 Å². The lowest BCUT2D eigenvalue weighted by Gasteiger charge is -2.36. The number of hydrogen-bond acceptors (Lipinski definition) is 3. The number of nitrogens with zero attached hydrogens (tertiary/aromatic N) is 3. The van der Waals surface area contributed by atoms with Gasteiger partial charge in [-0.25, -0.2) is 9.97 Å². The molecular weight excluding hydrogens is 282 g/mol. The standard InChI is InChI=1S/C17H20ClN3/c1-2-14-10-6-7-11-21(14)16-12-15(18)19-17(20-16)13-8-4-3-5-9-13/h3-5,8-9,12,14H,2,6-7,10-11H2,1H3. The molecule has 4 heteroatoms. The highest BCUT2D eigenvalue weighted by Gasteiger charge is 2.23. The number of anilines is 1. The lowest BCUT2D eigenvalue weighted by Crippen LogP contribution is -2.39. The first-order valence-corrected chi connectivity index (χ1v) is 8.02. The van der Waals surface area contributed by atoms with Gasteiger partial charge in [0.25, 0.3) is 0 Å². The average Bonchev–Trinajstić information content (AvgIpc) is 2.55. The minimum Gasteiger partial charge on any atom is -0.353 e. The molecule has 3 nitrogen and oxygen atoms in total. The first-order chi connectivity index (χ1) is 10.3. The third-order valence-electron chi connectivity index (χ3n) is 4.11. The van der Waals surface area contributed by atoms with E-state index in [-0.39, 0.29) is 0 Å². The van der Waals surface area contributed by atoms with Crippen LogP contribution < -0.4 is 4.90 Å². The Morgan fingerprint density at radius 1 is 1.19 bits per heavy atom. The minimum absolute atomic E-state index is 0.513. The zero-order valence-corrected chi connectivity index (χ0v) is 13.1. The molecule has 1 fully saturated rings. The molecule has 0 bridgehead atoms. The van der Waals surface area contributed by atoms with Gasteiger partial charge in [0.1, 0.15) is 11.0 Å². The molecule has 0 spiro atoms. The summed E-state index contributed by atoms with van der Waals surface area (Å²) >= 11 is 6.23. The topological polar surface area (TPSA) is 29.0 Å². The summed E-state index contributed by atoms with van der Waals surface area (Å²) < 4.78 is 0. The van der Waals surface area contributed by atoms with Gasteiger partial charge in [-0.05, 0) is 25.7 Å². The van der Waals surface area contributed by atoms with E-state index in [4.69, 9.17) is 16.6 Å². The first-order valence-electron chi connectivity index (χ1n) is 7.64. The van der Waals surface area contributed by atoms with E-state index in [0.29, 0.717) is 17.0 Å². The van der Waals surface area contributed by atoms with Gasteiger partial charge in [-0.1, -0.05) is 48.9 Å². The van der Waals surface area contributed by atoms with Gasteiger partial charge in [0, 0.05) is 24.2 Å². The van der Waals surface area contributed by atoms with Gasteiger partial charge in [0.2, 0.25) is 0 Å². The fraction of sp³-hybridized carbons (Fsp3) is 0.412. The monoisotopic (exact) mass is 301 g/mol.